The van der Waals surface area contributed by atoms with E-state index < -0.39 is 0 Å². The molecule has 2 fully saturated rings. The highest BCUT2D eigenvalue weighted by atomic mass is 16.3. The van der Waals surface area contributed by atoms with E-state index in [4.69, 9.17) is 0 Å². The van der Waals surface area contributed by atoms with Crippen LogP contribution in [0.25, 0.3) is 0 Å². The highest BCUT2D eigenvalue weighted by Gasteiger charge is 2.37. The van der Waals surface area contributed by atoms with Crippen molar-refractivity contribution in [2.45, 2.75) is 50.7 Å². The van der Waals surface area contributed by atoms with Gasteiger partial charge in [-0.2, -0.15) is 0 Å². The van der Waals surface area contributed by atoms with E-state index >= 15 is 0 Å². The SMILES string of the molecule is CN(C)CCCN1CC[C@@H](O)[C@H]2CCCC[C@@H]21. The summed E-state index contributed by atoms with van der Waals surface area (Å²) in [5.74, 6) is 0.567. The third-order valence-corrected chi connectivity index (χ3v) is 4.51. The second-order valence-corrected chi connectivity index (χ2v) is 6.06. The van der Waals surface area contributed by atoms with Gasteiger partial charge >= 0.3 is 0 Å². The number of fused-ring (bicyclic) bond motifs is 1. The molecule has 1 saturated heterocycles. The van der Waals surface area contributed by atoms with Gasteiger partial charge < -0.3 is 10.0 Å². The van der Waals surface area contributed by atoms with Gasteiger partial charge in [0.05, 0.1) is 6.10 Å². The first-order chi connectivity index (χ1) is 8.18. The van der Waals surface area contributed by atoms with Gasteiger partial charge in [-0.25, -0.2) is 0 Å². The van der Waals surface area contributed by atoms with Crippen LogP contribution in [-0.2, 0) is 0 Å². The van der Waals surface area contributed by atoms with Gasteiger partial charge in [-0.1, -0.05) is 12.8 Å². The first-order valence-electron chi connectivity index (χ1n) is 7.25. The zero-order chi connectivity index (χ0) is 12.3. The molecule has 3 heteroatoms. The van der Waals surface area contributed by atoms with Gasteiger partial charge in [-0.15, -0.1) is 0 Å². The molecule has 3 atom stereocenters. The second kappa shape index (κ2) is 6.17. The smallest absolute Gasteiger partial charge is 0.0595 e. The van der Waals surface area contributed by atoms with E-state index in [9.17, 15) is 5.11 Å². The maximum absolute atomic E-state index is 10.1. The lowest BCUT2D eigenvalue weighted by molar-refractivity contribution is -0.0364. The van der Waals surface area contributed by atoms with Crippen molar-refractivity contribution in [1.29, 1.82) is 0 Å². The molecule has 17 heavy (non-hydrogen) atoms. The minimum absolute atomic E-state index is 0.0228. The summed E-state index contributed by atoms with van der Waals surface area (Å²) in [6.07, 6.45) is 7.46. The normalized spacial score (nSPS) is 34.9. The van der Waals surface area contributed by atoms with Crippen molar-refractivity contribution in [3.8, 4) is 0 Å². The van der Waals surface area contributed by atoms with Crippen LogP contribution in [0.2, 0.25) is 0 Å². The fourth-order valence-corrected chi connectivity index (χ4v) is 3.59. The maximum atomic E-state index is 10.1. The number of hydrogen-bond donors (Lipinski definition) is 1. The molecule has 1 heterocycles. The average Bonchev–Trinajstić information content (AvgIpc) is 2.32. The Hall–Kier alpha value is -0.120. The predicted molar refractivity (Wildman–Crippen MR) is 71.1 cm³/mol. The van der Waals surface area contributed by atoms with E-state index in [0.717, 1.165) is 13.0 Å². The highest BCUT2D eigenvalue weighted by Crippen LogP contribution is 2.35. The summed E-state index contributed by atoms with van der Waals surface area (Å²) in [6.45, 7) is 3.50. The molecule has 0 aromatic rings. The van der Waals surface area contributed by atoms with Gasteiger partial charge in [0.2, 0.25) is 0 Å². The van der Waals surface area contributed by atoms with Crippen molar-refractivity contribution in [1.82, 2.24) is 9.80 Å². The van der Waals surface area contributed by atoms with Crippen LogP contribution in [0.3, 0.4) is 0 Å². The Morgan fingerprint density at radius 2 is 1.94 bits per heavy atom. The summed E-state index contributed by atoms with van der Waals surface area (Å²) >= 11 is 0. The van der Waals surface area contributed by atoms with E-state index in [1.807, 2.05) is 0 Å². The van der Waals surface area contributed by atoms with Crippen molar-refractivity contribution in [2.24, 2.45) is 5.92 Å². The summed E-state index contributed by atoms with van der Waals surface area (Å²) in [5, 5.41) is 10.1. The molecule has 0 spiro atoms. The molecule has 0 radical (unpaired) electrons. The van der Waals surface area contributed by atoms with E-state index in [2.05, 4.69) is 23.9 Å². The van der Waals surface area contributed by atoms with Crippen molar-refractivity contribution >= 4 is 0 Å². The Morgan fingerprint density at radius 1 is 1.18 bits per heavy atom. The van der Waals surface area contributed by atoms with Crippen LogP contribution < -0.4 is 0 Å². The number of likely N-dealkylation sites (tertiary alicyclic amines) is 1. The minimum Gasteiger partial charge on any atom is -0.393 e. The van der Waals surface area contributed by atoms with Crippen LogP contribution in [0.15, 0.2) is 0 Å². The molecule has 0 aromatic carbocycles. The van der Waals surface area contributed by atoms with Gasteiger partial charge in [-0.05, 0) is 52.9 Å². The first-order valence-corrected chi connectivity index (χ1v) is 7.25. The van der Waals surface area contributed by atoms with E-state index in [1.165, 1.54) is 45.2 Å². The first kappa shape index (κ1) is 13.3. The lowest BCUT2D eigenvalue weighted by atomic mass is 9.76. The molecule has 3 nitrogen and oxygen atoms in total. The zero-order valence-electron chi connectivity index (χ0n) is 11.4. The summed E-state index contributed by atoms with van der Waals surface area (Å²) < 4.78 is 0. The van der Waals surface area contributed by atoms with Crippen LogP contribution in [0.5, 0.6) is 0 Å². The Morgan fingerprint density at radius 3 is 2.71 bits per heavy atom. The van der Waals surface area contributed by atoms with E-state index in [0.29, 0.717) is 12.0 Å². The van der Waals surface area contributed by atoms with Crippen LogP contribution in [0, 0.1) is 5.92 Å². The van der Waals surface area contributed by atoms with Crippen LogP contribution in [0.1, 0.15) is 38.5 Å². The van der Waals surface area contributed by atoms with Gasteiger partial charge in [0.1, 0.15) is 0 Å². The number of aliphatic hydroxyl groups is 1. The van der Waals surface area contributed by atoms with Crippen LogP contribution in [0.4, 0.5) is 0 Å². The molecular formula is C14H28N2O. The molecular weight excluding hydrogens is 212 g/mol. The van der Waals surface area contributed by atoms with Crippen molar-refractivity contribution in [2.75, 3.05) is 33.7 Å². The molecule has 1 aliphatic carbocycles. The van der Waals surface area contributed by atoms with E-state index in [-0.39, 0.29) is 6.10 Å². The monoisotopic (exact) mass is 240 g/mol. The zero-order valence-corrected chi connectivity index (χ0v) is 11.4. The van der Waals surface area contributed by atoms with E-state index in [1.54, 1.807) is 0 Å². The summed E-state index contributed by atoms with van der Waals surface area (Å²) in [5.41, 5.74) is 0. The molecule has 0 amide bonds. The fourth-order valence-electron chi connectivity index (χ4n) is 3.59. The Labute approximate surface area is 106 Å². The predicted octanol–water partition coefficient (Wildman–Crippen LogP) is 1.56. The minimum atomic E-state index is -0.0228. The molecule has 2 aliphatic rings. The molecule has 2 rings (SSSR count). The van der Waals surface area contributed by atoms with Crippen molar-refractivity contribution in [3.05, 3.63) is 0 Å². The topological polar surface area (TPSA) is 26.7 Å². The Bertz CT molecular complexity index is 232. The summed E-state index contributed by atoms with van der Waals surface area (Å²) in [4.78, 5) is 4.91. The molecule has 0 unspecified atom stereocenters. The highest BCUT2D eigenvalue weighted by molar-refractivity contribution is 4.91. The number of hydrogen-bond acceptors (Lipinski definition) is 3. The largest absolute Gasteiger partial charge is 0.393 e. The van der Waals surface area contributed by atoms with Gasteiger partial charge in [0.25, 0.3) is 0 Å². The Balaban J connectivity index is 1.84. The Kier molecular flexibility index (Phi) is 4.83. The maximum Gasteiger partial charge on any atom is 0.0595 e. The molecule has 1 N–H and O–H groups in total. The van der Waals surface area contributed by atoms with Gasteiger partial charge in [0, 0.05) is 18.5 Å². The number of nitrogens with zero attached hydrogens (tertiary/aromatic N) is 2. The van der Waals surface area contributed by atoms with Crippen molar-refractivity contribution in [3.63, 3.8) is 0 Å². The average molecular weight is 240 g/mol. The molecule has 100 valence electrons. The van der Waals surface area contributed by atoms with Gasteiger partial charge in [0.15, 0.2) is 0 Å². The molecule has 1 saturated carbocycles. The second-order valence-electron chi connectivity index (χ2n) is 6.06. The van der Waals surface area contributed by atoms with Crippen LogP contribution in [-0.4, -0.2) is 60.8 Å². The summed E-state index contributed by atoms with van der Waals surface area (Å²) in [6, 6.07) is 0.676. The fraction of sp³-hybridized carbons (Fsp3) is 1.00. The molecule has 0 bridgehead atoms. The lowest BCUT2D eigenvalue weighted by Crippen LogP contribution is -2.52. The van der Waals surface area contributed by atoms with Crippen LogP contribution >= 0.6 is 0 Å². The standard InChI is InChI=1S/C14H28N2O/c1-15(2)9-5-10-16-11-8-14(17)12-6-3-4-7-13(12)16/h12-14,17H,3-11H2,1-2H3/t12-,13-,14+/m0/s1. The lowest BCUT2D eigenvalue weighted by Gasteiger charge is -2.46. The number of rotatable bonds is 4. The quantitative estimate of drug-likeness (QED) is 0.808. The number of aliphatic hydroxyl groups excluding tert-OH is 1. The molecule has 1 aliphatic heterocycles. The third-order valence-electron chi connectivity index (χ3n) is 4.51. The summed E-state index contributed by atoms with van der Waals surface area (Å²) in [7, 11) is 4.28. The third kappa shape index (κ3) is 3.43. The van der Waals surface area contributed by atoms with Gasteiger partial charge in [-0.3, -0.25) is 4.90 Å². The number of piperidine rings is 1. The molecule has 0 aromatic heterocycles. The van der Waals surface area contributed by atoms with Crippen molar-refractivity contribution < 1.29 is 5.11 Å².